The number of aryl methyl sites for hydroxylation is 1. The van der Waals surface area contributed by atoms with Crippen LogP contribution in [0.25, 0.3) is 0 Å². The predicted octanol–water partition coefficient (Wildman–Crippen LogP) is 3.97. The van der Waals surface area contributed by atoms with Gasteiger partial charge in [0, 0.05) is 17.5 Å². The number of hydrogen-bond acceptors (Lipinski definition) is 5. The summed E-state index contributed by atoms with van der Waals surface area (Å²) in [5.41, 5.74) is 2.42. The van der Waals surface area contributed by atoms with Crippen LogP contribution in [0.4, 0.5) is 0 Å². The van der Waals surface area contributed by atoms with Crippen molar-refractivity contribution in [2.24, 2.45) is 0 Å². The molecule has 0 radical (unpaired) electrons. The van der Waals surface area contributed by atoms with Gasteiger partial charge in [-0.3, -0.25) is 4.79 Å². The summed E-state index contributed by atoms with van der Waals surface area (Å²) in [4.78, 5) is 16.8. The summed E-state index contributed by atoms with van der Waals surface area (Å²) >= 11 is 1.59. The number of hydrogen-bond donors (Lipinski definition) is 1. The van der Waals surface area contributed by atoms with Crippen LogP contribution in [0.15, 0.2) is 53.9 Å². The molecule has 3 aromatic rings. The van der Waals surface area contributed by atoms with Crippen LogP contribution in [0, 0.1) is 6.92 Å². The number of aromatic nitrogens is 1. The van der Waals surface area contributed by atoms with Gasteiger partial charge in [-0.2, -0.15) is 0 Å². The molecule has 0 atom stereocenters. The number of thiazole rings is 1. The molecule has 0 aliphatic carbocycles. The zero-order valence-corrected chi connectivity index (χ0v) is 15.5. The Labute approximate surface area is 156 Å². The number of carbonyl (C=O) groups excluding carboxylic acids is 1. The van der Waals surface area contributed by atoms with Crippen LogP contribution in [-0.4, -0.2) is 18.0 Å². The highest BCUT2D eigenvalue weighted by molar-refractivity contribution is 7.09. The summed E-state index contributed by atoms with van der Waals surface area (Å²) in [5, 5.41) is 5.89. The van der Waals surface area contributed by atoms with Crippen molar-refractivity contribution in [2.75, 3.05) is 7.11 Å². The molecule has 0 fully saturated rings. The average Bonchev–Trinajstić information content (AvgIpc) is 3.10. The number of methoxy groups -OCH3 is 1. The van der Waals surface area contributed by atoms with E-state index in [0.29, 0.717) is 24.5 Å². The fourth-order valence-corrected chi connectivity index (χ4v) is 3.02. The fraction of sp³-hybridized carbons (Fsp3) is 0.200. The molecule has 2 aromatic carbocycles. The van der Waals surface area contributed by atoms with Crippen molar-refractivity contribution in [2.45, 2.75) is 20.1 Å². The van der Waals surface area contributed by atoms with E-state index in [4.69, 9.17) is 9.47 Å². The maximum Gasteiger partial charge on any atom is 0.251 e. The quantitative estimate of drug-likeness (QED) is 0.685. The highest BCUT2D eigenvalue weighted by Crippen LogP contribution is 2.17. The normalized spacial score (nSPS) is 10.4. The molecule has 0 saturated heterocycles. The molecule has 1 amide bonds. The Bertz CT molecular complexity index is 892. The predicted molar refractivity (Wildman–Crippen MR) is 102 cm³/mol. The van der Waals surface area contributed by atoms with E-state index in [1.807, 2.05) is 48.7 Å². The second kappa shape index (κ2) is 8.49. The number of rotatable bonds is 7. The molecule has 0 aliphatic rings. The van der Waals surface area contributed by atoms with Crippen molar-refractivity contribution in [1.82, 2.24) is 10.3 Å². The van der Waals surface area contributed by atoms with Crippen LogP contribution in [0.5, 0.6) is 11.5 Å². The molecule has 3 rings (SSSR count). The molecule has 26 heavy (non-hydrogen) atoms. The van der Waals surface area contributed by atoms with Crippen molar-refractivity contribution in [3.05, 3.63) is 75.7 Å². The second-order valence-electron chi connectivity index (χ2n) is 5.71. The summed E-state index contributed by atoms with van der Waals surface area (Å²) in [6.07, 6.45) is 0. The lowest BCUT2D eigenvalue weighted by molar-refractivity contribution is 0.0950. The first-order valence-corrected chi connectivity index (χ1v) is 9.07. The zero-order chi connectivity index (χ0) is 18.4. The van der Waals surface area contributed by atoms with Crippen LogP contribution < -0.4 is 14.8 Å². The van der Waals surface area contributed by atoms with Gasteiger partial charge in [-0.25, -0.2) is 4.98 Å². The van der Waals surface area contributed by atoms with Gasteiger partial charge in [0.25, 0.3) is 5.91 Å². The van der Waals surface area contributed by atoms with Gasteiger partial charge in [-0.15, -0.1) is 11.3 Å². The van der Waals surface area contributed by atoms with E-state index in [1.165, 1.54) is 0 Å². The minimum Gasteiger partial charge on any atom is -0.497 e. The van der Waals surface area contributed by atoms with Crippen molar-refractivity contribution in [3.8, 4) is 11.5 Å². The van der Waals surface area contributed by atoms with Gasteiger partial charge in [0.15, 0.2) is 0 Å². The number of carbonyl (C=O) groups is 1. The lowest BCUT2D eigenvalue weighted by Gasteiger charge is -2.09. The monoisotopic (exact) mass is 368 g/mol. The molecular weight excluding hydrogens is 348 g/mol. The van der Waals surface area contributed by atoms with Gasteiger partial charge in [0.1, 0.15) is 18.1 Å². The van der Waals surface area contributed by atoms with E-state index in [0.717, 1.165) is 22.0 Å². The molecule has 0 saturated carbocycles. The van der Waals surface area contributed by atoms with Crippen molar-refractivity contribution >= 4 is 17.2 Å². The van der Waals surface area contributed by atoms with E-state index >= 15 is 0 Å². The van der Waals surface area contributed by atoms with Crippen LogP contribution >= 0.6 is 11.3 Å². The molecule has 134 valence electrons. The third-order valence-corrected chi connectivity index (χ3v) is 4.56. The molecule has 1 heterocycles. The minimum atomic E-state index is -0.150. The van der Waals surface area contributed by atoms with Gasteiger partial charge in [0.05, 0.1) is 17.8 Å². The SMILES string of the molecule is COc1cccc(CNC(=O)c2cccc(OCc3csc(C)n3)c2)c1. The Morgan fingerprint density at radius 2 is 1.96 bits per heavy atom. The highest BCUT2D eigenvalue weighted by Gasteiger charge is 2.08. The van der Waals surface area contributed by atoms with Gasteiger partial charge >= 0.3 is 0 Å². The zero-order valence-electron chi connectivity index (χ0n) is 14.7. The van der Waals surface area contributed by atoms with Gasteiger partial charge in [-0.05, 0) is 42.8 Å². The largest absolute Gasteiger partial charge is 0.497 e. The molecule has 0 bridgehead atoms. The molecule has 0 spiro atoms. The van der Waals surface area contributed by atoms with Crippen molar-refractivity contribution in [3.63, 3.8) is 0 Å². The number of nitrogens with one attached hydrogen (secondary N) is 1. The first-order valence-electron chi connectivity index (χ1n) is 8.19. The van der Waals surface area contributed by atoms with Crippen LogP contribution in [0.2, 0.25) is 0 Å². The lowest BCUT2D eigenvalue weighted by atomic mass is 10.2. The van der Waals surface area contributed by atoms with E-state index in [1.54, 1.807) is 30.6 Å². The van der Waals surface area contributed by atoms with Crippen LogP contribution in [-0.2, 0) is 13.2 Å². The first-order chi connectivity index (χ1) is 12.6. The first kappa shape index (κ1) is 17.9. The van der Waals surface area contributed by atoms with E-state index < -0.39 is 0 Å². The maximum atomic E-state index is 12.4. The Kier molecular flexibility index (Phi) is 5.86. The molecule has 5 nitrogen and oxygen atoms in total. The standard InChI is InChI=1S/C20H20N2O3S/c1-14-22-17(13-26-14)12-25-19-8-4-6-16(10-19)20(23)21-11-15-5-3-7-18(9-15)24-2/h3-10,13H,11-12H2,1-2H3,(H,21,23). The summed E-state index contributed by atoms with van der Waals surface area (Å²) in [7, 11) is 1.62. The smallest absolute Gasteiger partial charge is 0.251 e. The van der Waals surface area contributed by atoms with E-state index in [-0.39, 0.29) is 5.91 Å². The van der Waals surface area contributed by atoms with Crippen molar-refractivity contribution < 1.29 is 14.3 Å². The Hall–Kier alpha value is -2.86. The van der Waals surface area contributed by atoms with E-state index in [2.05, 4.69) is 10.3 Å². The minimum absolute atomic E-state index is 0.150. The lowest BCUT2D eigenvalue weighted by Crippen LogP contribution is -2.22. The maximum absolute atomic E-state index is 12.4. The average molecular weight is 368 g/mol. The number of benzene rings is 2. The van der Waals surface area contributed by atoms with E-state index in [9.17, 15) is 4.79 Å². The fourth-order valence-electron chi connectivity index (χ4n) is 2.43. The van der Waals surface area contributed by atoms with Crippen molar-refractivity contribution in [1.29, 1.82) is 0 Å². The topological polar surface area (TPSA) is 60.5 Å². The third-order valence-electron chi connectivity index (χ3n) is 3.74. The molecule has 0 aliphatic heterocycles. The van der Waals surface area contributed by atoms with Gasteiger partial charge < -0.3 is 14.8 Å². The molecule has 0 unspecified atom stereocenters. The Morgan fingerprint density at radius 3 is 2.73 bits per heavy atom. The van der Waals surface area contributed by atoms with Crippen LogP contribution in [0.3, 0.4) is 0 Å². The Balaban J connectivity index is 1.58. The summed E-state index contributed by atoms with van der Waals surface area (Å²) < 4.78 is 10.9. The number of nitrogens with zero attached hydrogens (tertiary/aromatic N) is 1. The molecular formula is C20H20N2O3S. The Morgan fingerprint density at radius 1 is 1.15 bits per heavy atom. The molecule has 1 aromatic heterocycles. The molecule has 1 N–H and O–H groups in total. The highest BCUT2D eigenvalue weighted by atomic mass is 32.1. The molecule has 6 heteroatoms. The number of amides is 1. The third kappa shape index (κ3) is 4.83. The summed E-state index contributed by atoms with van der Waals surface area (Å²) in [6.45, 7) is 2.78. The van der Waals surface area contributed by atoms with Gasteiger partial charge in [-0.1, -0.05) is 18.2 Å². The van der Waals surface area contributed by atoms with Crippen LogP contribution in [0.1, 0.15) is 26.6 Å². The summed E-state index contributed by atoms with van der Waals surface area (Å²) in [6, 6.07) is 14.7. The summed E-state index contributed by atoms with van der Waals surface area (Å²) in [5.74, 6) is 1.26. The second-order valence-corrected chi connectivity index (χ2v) is 6.77. The van der Waals surface area contributed by atoms with Gasteiger partial charge in [0.2, 0.25) is 0 Å². The number of ether oxygens (including phenoxy) is 2.